The summed E-state index contributed by atoms with van der Waals surface area (Å²) < 4.78 is 30.7. The van der Waals surface area contributed by atoms with Crippen LogP contribution in [0, 0.1) is 17.8 Å². The summed E-state index contributed by atoms with van der Waals surface area (Å²) in [6, 6.07) is 0. The van der Waals surface area contributed by atoms with Gasteiger partial charge in [-0.1, -0.05) is 41.5 Å². The summed E-state index contributed by atoms with van der Waals surface area (Å²) >= 11 is 0. The van der Waals surface area contributed by atoms with Crippen molar-refractivity contribution in [3.8, 4) is 0 Å². The minimum absolute atomic E-state index is 0.00947. The Labute approximate surface area is 375 Å². The van der Waals surface area contributed by atoms with Gasteiger partial charge in [0.1, 0.15) is 17.3 Å². The lowest BCUT2D eigenvalue weighted by atomic mass is 10.0. The Morgan fingerprint density at radius 1 is 0.578 bits per heavy atom. The molecule has 1 fully saturated rings. The van der Waals surface area contributed by atoms with Gasteiger partial charge in [0.15, 0.2) is 0 Å². The van der Waals surface area contributed by atoms with E-state index in [1.165, 1.54) is 25.5 Å². The molecule has 0 unspecified atom stereocenters. The van der Waals surface area contributed by atoms with Crippen LogP contribution in [0.15, 0.2) is 24.4 Å². The lowest BCUT2D eigenvalue weighted by Crippen LogP contribution is -2.33. The van der Waals surface area contributed by atoms with Crippen molar-refractivity contribution in [3.05, 3.63) is 24.4 Å². The number of unbranched alkanes of at least 4 members (excludes halogenated alkanes) is 1. The van der Waals surface area contributed by atoms with E-state index in [-0.39, 0.29) is 98.5 Å². The maximum absolute atomic E-state index is 11.4. The van der Waals surface area contributed by atoms with E-state index < -0.39 is 23.8 Å². The molecule has 0 aromatic rings. The van der Waals surface area contributed by atoms with E-state index in [0.717, 1.165) is 11.0 Å². The SMILES string of the molecule is CC(C)C(=O)CCOCCOCCC(=O)ON1C(=O)CCC1=O.CC(C)C(=O)CCOCCOCCOCCN1C(=O)C=CC1=O.COC(=O)/C=C/NC(=O)CCCCC(=O)C(C)C. The number of amides is 5. The van der Waals surface area contributed by atoms with Crippen LogP contribution in [0.1, 0.15) is 99.3 Å². The average molecular weight is 912 g/mol. The fourth-order valence-electron chi connectivity index (χ4n) is 4.77. The first-order valence-corrected chi connectivity index (χ1v) is 21.5. The van der Waals surface area contributed by atoms with Gasteiger partial charge in [0.25, 0.3) is 23.6 Å². The second kappa shape index (κ2) is 36.3. The van der Waals surface area contributed by atoms with Crippen molar-refractivity contribution in [2.75, 3.05) is 79.7 Å². The molecule has 2 rings (SSSR count). The molecule has 20 heteroatoms. The van der Waals surface area contributed by atoms with Crippen LogP contribution in [0.2, 0.25) is 0 Å². The Morgan fingerprint density at radius 2 is 0.984 bits per heavy atom. The molecule has 2 aliphatic heterocycles. The number of carbonyl (C=O) groups excluding carboxylic acids is 10. The summed E-state index contributed by atoms with van der Waals surface area (Å²) in [5.74, 6) is -2.31. The first-order chi connectivity index (χ1) is 30.4. The summed E-state index contributed by atoms with van der Waals surface area (Å²) in [4.78, 5) is 118. The fourth-order valence-corrected chi connectivity index (χ4v) is 4.77. The first-order valence-electron chi connectivity index (χ1n) is 21.5. The highest BCUT2D eigenvalue weighted by Crippen LogP contribution is 2.12. The number of esters is 1. The van der Waals surface area contributed by atoms with Gasteiger partial charge in [-0.2, -0.15) is 0 Å². The van der Waals surface area contributed by atoms with E-state index in [1.807, 2.05) is 41.5 Å². The van der Waals surface area contributed by atoms with Crippen molar-refractivity contribution < 1.29 is 81.2 Å². The molecule has 64 heavy (non-hydrogen) atoms. The zero-order valence-electron chi connectivity index (χ0n) is 38.5. The van der Waals surface area contributed by atoms with Crippen molar-refractivity contribution in [1.29, 1.82) is 0 Å². The average Bonchev–Trinajstić information content (AvgIpc) is 3.75. The van der Waals surface area contributed by atoms with Crippen LogP contribution in [0.3, 0.4) is 0 Å². The zero-order chi connectivity index (χ0) is 48.3. The minimum Gasteiger partial charge on any atom is -0.466 e. The highest BCUT2D eigenvalue weighted by Gasteiger charge is 2.32. The predicted octanol–water partition coefficient (Wildman–Crippen LogP) is 2.78. The lowest BCUT2D eigenvalue weighted by Gasteiger charge is -2.13. The van der Waals surface area contributed by atoms with E-state index in [2.05, 4.69) is 14.9 Å². The number of hydrogen-bond donors (Lipinski definition) is 1. The summed E-state index contributed by atoms with van der Waals surface area (Å²) in [5.41, 5.74) is 0. The normalized spacial score (nSPS) is 13.4. The van der Waals surface area contributed by atoms with E-state index in [1.54, 1.807) is 0 Å². The van der Waals surface area contributed by atoms with Crippen molar-refractivity contribution in [1.82, 2.24) is 15.3 Å². The van der Waals surface area contributed by atoms with E-state index >= 15 is 0 Å². The van der Waals surface area contributed by atoms with Gasteiger partial charge in [0.05, 0.1) is 86.1 Å². The highest BCUT2D eigenvalue weighted by atomic mass is 16.7. The molecule has 0 radical (unpaired) electrons. The number of ether oxygens (including phenoxy) is 6. The largest absolute Gasteiger partial charge is 0.466 e. The monoisotopic (exact) mass is 911 g/mol. The molecule has 0 aromatic carbocycles. The molecule has 5 amide bonds. The van der Waals surface area contributed by atoms with Crippen molar-refractivity contribution in [2.45, 2.75) is 99.3 Å². The number of Topliss-reactive ketones (excluding diaryl/α,β-unsaturated/α-hetero) is 3. The molecule has 2 heterocycles. The van der Waals surface area contributed by atoms with Crippen LogP contribution in [-0.4, -0.2) is 149 Å². The van der Waals surface area contributed by atoms with Crippen LogP contribution in [-0.2, 0) is 81.2 Å². The molecule has 1 N–H and O–H groups in total. The summed E-state index contributed by atoms with van der Waals surface area (Å²) in [5, 5.41) is 2.96. The van der Waals surface area contributed by atoms with E-state index in [4.69, 9.17) is 23.7 Å². The topological polar surface area (TPSA) is 254 Å². The molecule has 362 valence electrons. The van der Waals surface area contributed by atoms with Gasteiger partial charge >= 0.3 is 11.9 Å². The molecule has 20 nitrogen and oxygen atoms in total. The number of hydroxylamine groups is 2. The van der Waals surface area contributed by atoms with Crippen LogP contribution in [0.4, 0.5) is 0 Å². The van der Waals surface area contributed by atoms with E-state index in [0.29, 0.717) is 89.8 Å². The number of imide groups is 2. The van der Waals surface area contributed by atoms with Gasteiger partial charge in [-0.3, -0.25) is 43.3 Å². The second-order valence-electron chi connectivity index (χ2n) is 15.0. The Kier molecular flexibility index (Phi) is 33.5. The van der Waals surface area contributed by atoms with Crippen molar-refractivity contribution in [3.63, 3.8) is 0 Å². The van der Waals surface area contributed by atoms with Crippen LogP contribution >= 0.6 is 0 Å². The van der Waals surface area contributed by atoms with Crippen LogP contribution in [0.5, 0.6) is 0 Å². The third kappa shape index (κ3) is 30.1. The Hall–Kier alpha value is -5.02. The predicted molar refractivity (Wildman–Crippen MR) is 228 cm³/mol. The molecule has 0 spiro atoms. The smallest absolute Gasteiger partial charge is 0.335 e. The number of rotatable bonds is 32. The van der Waals surface area contributed by atoms with Gasteiger partial charge in [0, 0.05) is 80.7 Å². The Morgan fingerprint density at radius 3 is 1.44 bits per heavy atom. The molecule has 1 saturated heterocycles. The Bertz CT molecular complexity index is 1520. The summed E-state index contributed by atoms with van der Waals surface area (Å²) in [7, 11) is 1.26. The zero-order valence-corrected chi connectivity index (χ0v) is 38.5. The number of carbonyl (C=O) groups is 10. The van der Waals surface area contributed by atoms with Crippen molar-refractivity contribution in [2.24, 2.45) is 17.8 Å². The third-order valence-corrected chi connectivity index (χ3v) is 8.78. The molecular formula is C44H69N3O17. The number of methoxy groups -OCH3 is 1. The number of hydrogen-bond acceptors (Lipinski definition) is 17. The summed E-state index contributed by atoms with van der Waals surface area (Å²) in [6.45, 7) is 14.8. The quantitative estimate of drug-likeness (QED) is 0.0441. The van der Waals surface area contributed by atoms with Crippen molar-refractivity contribution >= 4 is 58.8 Å². The van der Waals surface area contributed by atoms with Gasteiger partial charge in [-0.05, 0) is 12.8 Å². The number of nitrogens with zero attached hydrogens (tertiary/aromatic N) is 2. The molecule has 0 aromatic heterocycles. The second-order valence-corrected chi connectivity index (χ2v) is 15.0. The standard InChI is InChI=1S/C16H25NO6.C15H23NO7.C13H21NO4/c1-13(2)14(18)5-7-21-9-11-23-12-10-22-8-6-17-15(19)3-4-16(17)20;1-11(2)12(17)5-7-21-9-10-22-8-6-15(20)23-16-13(18)3-4-14(16)19;1-10(2)11(15)6-4-5-7-12(16)14-9-8-13(17)18-3/h3-4,13H,5-12H2,1-2H3;11H,3-10H2,1-2H3;8-10H,4-7H2,1-3H3,(H,14,16)/b;;9-8+. The number of nitrogens with one attached hydrogen (secondary N) is 1. The summed E-state index contributed by atoms with van der Waals surface area (Å²) in [6.07, 6.45) is 8.02. The Balaban J connectivity index is 0.000000940. The van der Waals surface area contributed by atoms with Crippen LogP contribution in [0.25, 0.3) is 0 Å². The molecule has 2 aliphatic rings. The fraction of sp³-hybridized carbons (Fsp3) is 0.682. The molecule has 0 saturated carbocycles. The number of ketones is 3. The van der Waals surface area contributed by atoms with Gasteiger partial charge in [0.2, 0.25) is 5.91 Å². The third-order valence-electron chi connectivity index (χ3n) is 8.78. The van der Waals surface area contributed by atoms with Gasteiger partial charge < -0.3 is 38.6 Å². The van der Waals surface area contributed by atoms with Gasteiger partial charge in [-0.15, -0.1) is 5.06 Å². The minimum atomic E-state index is -0.697. The molecule has 0 aliphatic carbocycles. The highest BCUT2D eigenvalue weighted by molar-refractivity contribution is 6.12. The van der Waals surface area contributed by atoms with Crippen LogP contribution < -0.4 is 5.32 Å². The maximum Gasteiger partial charge on any atom is 0.335 e. The molecular weight excluding hydrogens is 842 g/mol. The lowest BCUT2D eigenvalue weighted by molar-refractivity contribution is -0.198. The maximum atomic E-state index is 11.4. The molecule has 0 atom stereocenters. The first kappa shape index (κ1) is 59.0. The van der Waals surface area contributed by atoms with Gasteiger partial charge in [-0.25, -0.2) is 9.59 Å². The molecule has 0 bridgehead atoms. The van der Waals surface area contributed by atoms with E-state index in [9.17, 15) is 47.9 Å².